The Hall–Kier alpha value is -1.98. The predicted octanol–water partition coefficient (Wildman–Crippen LogP) is 1.77. The molecule has 2 aromatic heterocycles. The minimum Gasteiger partial charge on any atom is -0.490 e. The molecule has 5 heteroatoms. The first-order chi connectivity index (χ1) is 10.3. The van der Waals surface area contributed by atoms with Gasteiger partial charge in [-0.2, -0.15) is 0 Å². The Bertz CT molecular complexity index is 598. The molecule has 1 saturated heterocycles. The summed E-state index contributed by atoms with van der Waals surface area (Å²) in [6.07, 6.45) is 9.30. The van der Waals surface area contributed by atoms with Crippen molar-refractivity contribution in [3.8, 4) is 16.9 Å². The molecule has 0 saturated carbocycles. The third-order valence-electron chi connectivity index (χ3n) is 3.64. The monoisotopic (exact) mass is 285 g/mol. The summed E-state index contributed by atoms with van der Waals surface area (Å²) in [5.74, 6) is 0.760. The lowest BCUT2D eigenvalue weighted by molar-refractivity contribution is 0.276. The number of pyridine rings is 2. The van der Waals surface area contributed by atoms with Crippen molar-refractivity contribution in [2.24, 2.45) is 0 Å². The first-order valence-electron chi connectivity index (χ1n) is 7.21. The van der Waals surface area contributed by atoms with E-state index < -0.39 is 0 Å². The smallest absolute Gasteiger partial charge is 0.138 e. The van der Waals surface area contributed by atoms with Gasteiger partial charge in [0.1, 0.15) is 12.4 Å². The standard InChI is InChI=1S/C16H19N3O2/c20-10-12-4-13(7-17-6-12)14-5-16(9-18-8-14)21-11-15-2-1-3-19-15/h4-9,15,19-20H,1-3,10-11H2. The first kappa shape index (κ1) is 14.0. The largest absolute Gasteiger partial charge is 0.490 e. The number of aliphatic hydroxyl groups is 1. The van der Waals surface area contributed by atoms with Crippen LogP contribution in [0.15, 0.2) is 36.9 Å². The van der Waals surface area contributed by atoms with E-state index in [-0.39, 0.29) is 6.61 Å². The van der Waals surface area contributed by atoms with E-state index in [2.05, 4.69) is 15.3 Å². The van der Waals surface area contributed by atoms with Crippen molar-refractivity contribution < 1.29 is 9.84 Å². The second-order valence-corrected chi connectivity index (χ2v) is 5.25. The van der Waals surface area contributed by atoms with Gasteiger partial charge >= 0.3 is 0 Å². The van der Waals surface area contributed by atoms with Crippen LogP contribution in [0.25, 0.3) is 11.1 Å². The number of nitrogens with one attached hydrogen (secondary N) is 1. The highest BCUT2D eigenvalue weighted by Crippen LogP contribution is 2.23. The zero-order valence-corrected chi connectivity index (χ0v) is 11.8. The van der Waals surface area contributed by atoms with Gasteiger partial charge in [0.15, 0.2) is 0 Å². The predicted molar refractivity (Wildman–Crippen MR) is 79.9 cm³/mol. The topological polar surface area (TPSA) is 67.3 Å². The minimum atomic E-state index is -0.0161. The zero-order chi connectivity index (χ0) is 14.5. The summed E-state index contributed by atoms with van der Waals surface area (Å²) in [7, 11) is 0. The molecule has 3 rings (SSSR count). The van der Waals surface area contributed by atoms with Crippen molar-refractivity contribution in [2.75, 3.05) is 13.2 Å². The lowest BCUT2D eigenvalue weighted by Gasteiger charge is -2.12. The highest BCUT2D eigenvalue weighted by Gasteiger charge is 2.14. The van der Waals surface area contributed by atoms with Crippen molar-refractivity contribution in [3.05, 3.63) is 42.5 Å². The fourth-order valence-corrected chi connectivity index (χ4v) is 2.48. The van der Waals surface area contributed by atoms with Gasteiger partial charge in [-0.25, -0.2) is 0 Å². The Morgan fingerprint density at radius 1 is 1.14 bits per heavy atom. The molecule has 0 bridgehead atoms. The van der Waals surface area contributed by atoms with Gasteiger partial charge in [-0.15, -0.1) is 0 Å². The summed E-state index contributed by atoms with van der Waals surface area (Å²) >= 11 is 0. The number of aliphatic hydroxyl groups excluding tert-OH is 1. The molecule has 1 aliphatic heterocycles. The van der Waals surface area contributed by atoms with E-state index >= 15 is 0 Å². The third-order valence-corrected chi connectivity index (χ3v) is 3.64. The molecule has 3 heterocycles. The summed E-state index contributed by atoms with van der Waals surface area (Å²) in [6.45, 7) is 1.73. The summed E-state index contributed by atoms with van der Waals surface area (Å²) in [6, 6.07) is 4.31. The van der Waals surface area contributed by atoms with Gasteiger partial charge in [-0.05, 0) is 37.1 Å². The van der Waals surface area contributed by atoms with Crippen molar-refractivity contribution in [1.29, 1.82) is 0 Å². The summed E-state index contributed by atoms with van der Waals surface area (Å²) in [4.78, 5) is 8.36. The van der Waals surface area contributed by atoms with Crippen molar-refractivity contribution >= 4 is 0 Å². The molecular formula is C16H19N3O2. The van der Waals surface area contributed by atoms with E-state index in [9.17, 15) is 5.11 Å². The second-order valence-electron chi connectivity index (χ2n) is 5.25. The Morgan fingerprint density at radius 2 is 1.95 bits per heavy atom. The number of ether oxygens (including phenoxy) is 1. The van der Waals surface area contributed by atoms with Gasteiger partial charge in [0.25, 0.3) is 0 Å². The Balaban J connectivity index is 1.72. The van der Waals surface area contributed by atoms with E-state index in [4.69, 9.17) is 4.74 Å². The molecule has 1 unspecified atom stereocenters. The summed E-state index contributed by atoms with van der Waals surface area (Å²) < 4.78 is 5.81. The van der Waals surface area contributed by atoms with Gasteiger partial charge in [0.2, 0.25) is 0 Å². The molecule has 0 radical (unpaired) electrons. The van der Waals surface area contributed by atoms with Crippen LogP contribution in [0, 0.1) is 0 Å². The molecule has 1 atom stereocenters. The lowest BCUT2D eigenvalue weighted by Crippen LogP contribution is -2.28. The highest BCUT2D eigenvalue weighted by molar-refractivity contribution is 5.63. The molecule has 0 spiro atoms. The number of nitrogens with zero attached hydrogens (tertiary/aromatic N) is 2. The maximum Gasteiger partial charge on any atom is 0.138 e. The fourth-order valence-electron chi connectivity index (χ4n) is 2.48. The quantitative estimate of drug-likeness (QED) is 0.876. The minimum absolute atomic E-state index is 0.0161. The van der Waals surface area contributed by atoms with E-state index in [0.29, 0.717) is 12.6 Å². The summed E-state index contributed by atoms with van der Waals surface area (Å²) in [5, 5.41) is 12.6. The van der Waals surface area contributed by atoms with Gasteiger partial charge in [-0.1, -0.05) is 0 Å². The number of hydrogen-bond acceptors (Lipinski definition) is 5. The van der Waals surface area contributed by atoms with Crippen LogP contribution in [0.1, 0.15) is 18.4 Å². The Morgan fingerprint density at radius 3 is 2.71 bits per heavy atom. The van der Waals surface area contributed by atoms with Crippen LogP contribution < -0.4 is 10.1 Å². The third kappa shape index (κ3) is 3.56. The van der Waals surface area contributed by atoms with Crippen molar-refractivity contribution in [2.45, 2.75) is 25.5 Å². The first-order valence-corrected chi connectivity index (χ1v) is 7.21. The molecule has 1 fully saturated rings. The number of hydrogen-bond donors (Lipinski definition) is 2. The zero-order valence-electron chi connectivity index (χ0n) is 11.8. The molecule has 2 aromatic rings. The van der Waals surface area contributed by atoms with Crippen LogP contribution >= 0.6 is 0 Å². The van der Waals surface area contributed by atoms with E-state index in [1.165, 1.54) is 6.42 Å². The normalized spacial score (nSPS) is 17.9. The molecule has 1 aliphatic rings. The average Bonchev–Trinajstić information content (AvgIpc) is 3.07. The van der Waals surface area contributed by atoms with Crippen LogP contribution in [0.3, 0.4) is 0 Å². The summed E-state index contributed by atoms with van der Waals surface area (Å²) in [5.41, 5.74) is 2.65. The van der Waals surface area contributed by atoms with E-state index in [0.717, 1.165) is 35.4 Å². The average molecular weight is 285 g/mol. The molecule has 110 valence electrons. The van der Waals surface area contributed by atoms with Gasteiger partial charge in [-0.3, -0.25) is 9.97 Å². The van der Waals surface area contributed by atoms with Crippen molar-refractivity contribution in [3.63, 3.8) is 0 Å². The Kier molecular flexibility index (Phi) is 4.43. The van der Waals surface area contributed by atoms with Gasteiger partial charge in [0, 0.05) is 35.8 Å². The van der Waals surface area contributed by atoms with E-state index in [1.807, 2.05) is 12.1 Å². The maximum atomic E-state index is 9.18. The Labute approximate surface area is 124 Å². The van der Waals surface area contributed by atoms with Crippen LogP contribution in [-0.4, -0.2) is 34.3 Å². The van der Waals surface area contributed by atoms with Crippen molar-refractivity contribution in [1.82, 2.24) is 15.3 Å². The molecule has 5 nitrogen and oxygen atoms in total. The van der Waals surface area contributed by atoms with Crippen LogP contribution in [0.4, 0.5) is 0 Å². The maximum absolute atomic E-state index is 9.18. The highest BCUT2D eigenvalue weighted by atomic mass is 16.5. The number of aromatic nitrogens is 2. The SMILES string of the molecule is OCc1cncc(-c2cncc(OCC3CCCN3)c2)c1. The molecule has 2 N–H and O–H groups in total. The van der Waals surface area contributed by atoms with Gasteiger partial charge < -0.3 is 15.2 Å². The molecular weight excluding hydrogens is 266 g/mol. The van der Waals surface area contributed by atoms with Gasteiger partial charge in [0.05, 0.1) is 12.8 Å². The van der Waals surface area contributed by atoms with Crippen LogP contribution in [-0.2, 0) is 6.61 Å². The molecule has 0 aliphatic carbocycles. The molecule has 0 amide bonds. The van der Waals surface area contributed by atoms with Crippen LogP contribution in [0.2, 0.25) is 0 Å². The fraction of sp³-hybridized carbons (Fsp3) is 0.375. The molecule has 0 aromatic carbocycles. The second kappa shape index (κ2) is 6.65. The van der Waals surface area contributed by atoms with E-state index in [1.54, 1.807) is 24.8 Å². The number of rotatable bonds is 5. The lowest BCUT2D eigenvalue weighted by atomic mass is 10.1. The molecule has 21 heavy (non-hydrogen) atoms. The van der Waals surface area contributed by atoms with Crippen LogP contribution in [0.5, 0.6) is 5.75 Å².